The van der Waals surface area contributed by atoms with Gasteiger partial charge in [-0.25, -0.2) is 0 Å². The molecule has 0 spiro atoms. The van der Waals surface area contributed by atoms with E-state index in [2.05, 4.69) is 6.07 Å². The lowest BCUT2D eigenvalue weighted by Gasteiger charge is -2.13. The molecule has 4 rings (SSSR count). The molecule has 0 atom stereocenters. The van der Waals surface area contributed by atoms with Crippen LogP contribution in [-0.2, 0) is 0 Å². The SMILES string of the molecule is Nc1cccc(Oc2ccc(-c3cccs3)c(Oc3cccc(N)c3)c2)c1. The van der Waals surface area contributed by atoms with Crippen molar-refractivity contribution in [3.63, 3.8) is 0 Å². The number of anilines is 2. The Morgan fingerprint density at radius 2 is 1.30 bits per heavy atom. The van der Waals surface area contributed by atoms with Crippen LogP contribution in [0.15, 0.2) is 84.2 Å². The quantitative estimate of drug-likeness (QED) is 0.410. The topological polar surface area (TPSA) is 70.5 Å². The zero-order chi connectivity index (χ0) is 18.6. The minimum atomic E-state index is 0.650. The van der Waals surface area contributed by atoms with Gasteiger partial charge in [0.15, 0.2) is 0 Å². The summed E-state index contributed by atoms with van der Waals surface area (Å²) in [6, 6.07) is 24.6. The second-order valence-corrected chi connectivity index (χ2v) is 6.93. The zero-order valence-corrected chi connectivity index (χ0v) is 15.3. The summed E-state index contributed by atoms with van der Waals surface area (Å²) in [6.07, 6.45) is 0. The predicted octanol–water partition coefficient (Wildman–Crippen LogP) is 6.16. The molecule has 1 heterocycles. The van der Waals surface area contributed by atoms with Gasteiger partial charge < -0.3 is 20.9 Å². The minimum absolute atomic E-state index is 0.650. The first-order chi connectivity index (χ1) is 13.2. The first-order valence-electron chi connectivity index (χ1n) is 8.42. The molecule has 0 radical (unpaired) electrons. The molecule has 4 nitrogen and oxygen atoms in total. The fourth-order valence-corrected chi connectivity index (χ4v) is 3.46. The maximum absolute atomic E-state index is 6.14. The largest absolute Gasteiger partial charge is 0.457 e. The van der Waals surface area contributed by atoms with Crippen LogP contribution < -0.4 is 20.9 Å². The Bertz CT molecular complexity index is 1060. The van der Waals surface area contributed by atoms with Crippen LogP contribution in [0.4, 0.5) is 11.4 Å². The Morgan fingerprint density at radius 3 is 1.93 bits per heavy atom. The maximum atomic E-state index is 6.14. The van der Waals surface area contributed by atoms with Crippen molar-refractivity contribution in [1.82, 2.24) is 0 Å². The van der Waals surface area contributed by atoms with Gasteiger partial charge in [0.25, 0.3) is 0 Å². The number of hydrogen-bond donors (Lipinski definition) is 2. The lowest BCUT2D eigenvalue weighted by molar-refractivity contribution is 0.462. The van der Waals surface area contributed by atoms with Crippen LogP contribution in [0.5, 0.6) is 23.0 Å². The molecule has 134 valence electrons. The van der Waals surface area contributed by atoms with Crippen LogP contribution in [0.3, 0.4) is 0 Å². The van der Waals surface area contributed by atoms with Gasteiger partial charge in [0.05, 0.1) is 0 Å². The molecule has 0 saturated carbocycles. The van der Waals surface area contributed by atoms with E-state index >= 15 is 0 Å². The lowest BCUT2D eigenvalue weighted by atomic mass is 10.1. The molecule has 0 bridgehead atoms. The molecule has 0 aliphatic rings. The number of nitrogen functional groups attached to an aromatic ring is 2. The fourth-order valence-electron chi connectivity index (χ4n) is 2.71. The highest BCUT2D eigenvalue weighted by atomic mass is 32.1. The first-order valence-corrected chi connectivity index (χ1v) is 9.30. The van der Waals surface area contributed by atoms with Crippen LogP contribution in [0, 0.1) is 0 Å². The molecular weight excluding hydrogens is 356 g/mol. The monoisotopic (exact) mass is 374 g/mol. The van der Waals surface area contributed by atoms with E-state index < -0.39 is 0 Å². The summed E-state index contributed by atoms with van der Waals surface area (Å²) in [5, 5.41) is 2.04. The lowest BCUT2D eigenvalue weighted by Crippen LogP contribution is -1.92. The average molecular weight is 374 g/mol. The smallest absolute Gasteiger partial charge is 0.139 e. The van der Waals surface area contributed by atoms with Crippen molar-refractivity contribution < 1.29 is 9.47 Å². The van der Waals surface area contributed by atoms with E-state index in [9.17, 15) is 0 Å². The Hall–Kier alpha value is -3.44. The molecule has 3 aromatic carbocycles. The number of benzene rings is 3. The summed E-state index contributed by atoms with van der Waals surface area (Å²) in [7, 11) is 0. The summed E-state index contributed by atoms with van der Waals surface area (Å²) in [6.45, 7) is 0. The highest BCUT2D eigenvalue weighted by Crippen LogP contribution is 2.39. The number of thiophene rings is 1. The van der Waals surface area contributed by atoms with Gasteiger partial charge in [-0.1, -0.05) is 18.2 Å². The number of rotatable bonds is 5. The Morgan fingerprint density at radius 1 is 0.630 bits per heavy atom. The zero-order valence-electron chi connectivity index (χ0n) is 14.5. The van der Waals surface area contributed by atoms with E-state index in [0.717, 1.165) is 10.4 Å². The first kappa shape index (κ1) is 17.0. The van der Waals surface area contributed by atoms with Gasteiger partial charge in [0, 0.05) is 40.0 Å². The maximum Gasteiger partial charge on any atom is 0.139 e. The summed E-state index contributed by atoms with van der Waals surface area (Å²) in [4.78, 5) is 1.12. The Labute approximate surface area is 161 Å². The molecule has 27 heavy (non-hydrogen) atoms. The molecule has 4 aromatic rings. The number of nitrogens with two attached hydrogens (primary N) is 2. The highest BCUT2D eigenvalue weighted by molar-refractivity contribution is 7.13. The van der Waals surface area contributed by atoms with Gasteiger partial charge in [0.2, 0.25) is 0 Å². The van der Waals surface area contributed by atoms with Crippen LogP contribution in [0.2, 0.25) is 0 Å². The van der Waals surface area contributed by atoms with E-state index in [1.54, 1.807) is 23.5 Å². The molecule has 0 aliphatic heterocycles. The summed E-state index contributed by atoms with van der Waals surface area (Å²) >= 11 is 1.65. The molecule has 4 N–H and O–H groups in total. The van der Waals surface area contributed by atoms with Crippen LogP contribution in [0.25, 0.3) is 10.4 Å². The van der Waals surface area contributed by atoms with Gasteiger partial charge in [-0.3, -0.25) is 0 Å². The molecule has 0 unspecified atom stereocenters. The van der Waals surface area contributed by atoms with Gasteiger partial charge in [-0.2, -0.15) is 0 Å². The molecule has 0 aliphatic carbocycles. The average Bonchev–Trinajstić information content (AvgIpc) is 3.16. The van der Waals surface area contributed by atoms with Crippen molar-refractivity contribution in [3.05, 3.63) is 84.2 Å². The fraction of sp³-hybridized carbons (Fsp3) is 0. The molecule has 0 amide bonds. The normalized spacial score (nSPS) is 10.5. The third-order valence-electron chi connectivity index (χ3n) is 3.92. The van der Waals surface area contributed by atoms with E-state index in [1.165, 1.54) is 0 Å². The summed E-state index contributed by atoms with van der Waals surface area (Å²) in [5.41, 5.74) is 14.0. The van der Waals surface area contributed by atoms with Gasteiger partial charge >= 0.3 is 0 Å². The van der Waals surface area contributed by atoms with Crippen LogP contribution in [0.1, 0.15) is 0 Å². The molecule has 0 saturated heterocycles. The molecule has 0 fully saturated rings. The van der Waals surface area contributed by atoms with E-state index in [0.29, 0.717) is 34.4 Å². The number of hydrogen-bond acceptors (Lipinski definition) is 5. The van der Waals surface area contributed by atoms with Crippen molar-refractivity contribution in [2.75, 3.05) is 11.5 Å². The van der Waals surface area contributed by atoms with E-state index in [-0.39, 0.29) is 0 Å². The van der Waals surface area contributed by atoms with Gasteiger partial charge in [-0.15, -0.1) is 11.3 Å². The third kappa shape index (κ3) is 4.04. The van der Waals surface area contributed by atoms with E-state index in [1.807, 2.05) is 66.0 Å². The highest BCUT2D eigenvalue weighted by Gasteiger charge is 2.11. The summed E-state index contributed by atoms with van der Waals surface area (Å²) < 4.78 is 12.1. The Kier molecular flexibility index (Phi) is 4.68. The van der Waals surface area contributed by atoms with Gasteiger partial charge in [0.1, 0.15) is 23.0 Å². The van der Waals surface area contributed by atoms with Crippen molar-refractivity contribution >= 4 is 22.7 Å². The van der Waals surface area contributed by atoms with E-state index in [4.69, 9.17) is 20.9 Å². The molecule has 1 aromatic heterocycles. The van der Waals surface area contributed by atoms with Crippen molar-refractivity contribution in [2.24, 2.45) is 0 Å². The predicted molar refractivity (Wildman–Crippen MR) is 112 cm³/mol. The third-order valence-corrected chi connectivity index (χ3v) is 4.82. The van der Waals surface area contributed by atoms with Crippen molar-refractivity contribution in [1.29, 1.82) is 0 Å². The minimum Gasteiger partial charge on any atom is -0.457 e. The van der Waals surface area contributed by atoms with Crippen molar-refractivity contribution in [3.8, 4) is 33.4 Å². The summed E-state index contributed by atoms with van der Waals surface area (Å²) in [5.74, 6) is 2.71. The standard InChI is InChI=1S/C22H18N2O2S/c23-15-4-1-6-17(12-15)25-19-9-10-20(22-8-3-11-27-22)21(14-19)26-18-7-2-5-16(24)13-18/h1-14H,23-24H2. The Balaban J connectivity index is 1.71. The molecule has 5 heteroatoms. The second-order valence-electron chi connectivity index (χ2n) is 5.98. The second kappa shape index (κ2) is 7.43. The number of ether oxygens (including phenoxy) is 2. The van der Waals surface area contributed by atoms with Gasteiger partial charge in [-0.05, 0) is 47.8 Å². The van der Waals surface area contributed by atoms with Crippen LogP contribution in [-0.4, -0.2) is 0 Å². The molecular formula is C22H18N2O2S. The van der Waals surface area contributed by atoms with Crippen molar-refractivity contribution in [2.45, 2.75) is 0 Å². The van der Waals surface area contributed by atoms with Crippen LogP contribution >= 0.6 is 11.3 Å².